The number of nitrogens with zero attached hydrogens (tertiary/aromatic N) is 1. The number of hydrogen-bond acceptors (Lipinski definition) is 3. The molecular weight excluding hydrogens is 218 g/mol. The van der Waals surface area contributed by atoms with Crippen LogP contribution in [0.3, 0.4) is 0 Å². The average molecular weight is 241 g/mol. The third-order valence-corrected chi connectivity index (χ3v) is 2.05. The minimum Gasteiger partial charge on any atom is -0.460 e. The third kappa shape index (κ3) is 7.55. The van der Waals surface area contributed by atoms with Gasteiger partial charge in [0.1, 0.15) is 5.60 Å². The summed E-state index contributed by atoms with van der Waals surface area (Å²) in [6, 6.07) is 0. The van der Waals surface area contributed by atoms with E-state index in [4.69, 9.17) is 4.74 Å². The van der Waals surface area contributed by atoms with Crippen LogP contribution in [0.1, 0.15) is 40.5 Å². The Labute approximate surface area is 104 Å². The van der Waals surface area contributed by atoms with E-state index in [1.807, 2.05) is 27.7 Å². The van der Waals surface area contributed by atoms with Crippen molar-refractivity contribution in [3.8, 4) is 0 Å². The molecule has 0 atom stereocenters. The molecule has 0 aliphatic heterocycles. The van der Waals surface area contributed by atoms with Gasteiger partial charge in [-0.25, -0.2) is 0 Å². The van der Waals surface area contributed by atoms with Gasteiger partial charge in [0.2, 0.25) is 5.91 Å². The van der Waals surface area contributed by atoms with Crippen LogP contribution in [0.2, 0.25) is 0 Å². The first-order valence-corrected chi connectivity index (χ1v) is 5.90. The zero-order valence-corrected chi connectivity index (χ0v) is 11.3. The van der Waals surface area contributed by atoms with Gasteiger partial charge in [0.25, 0.3) is 0 Å². The molecule has 0 saturated heterocycles. The minimum absolute atomic E-state index is 0.0433. The van der Waals surface area contributed by atoms with E-state index < -0.39 is 5.60 Å². The molecule has 4 nitrogen and oxygen atoms in total. The van der Waals surface area contributed by atoms with Crippen molar-refractivity contribution in [2.24, 2.45) is 0 Å². The Hall–Kier alpha value is -1.32. The molecule has 0 unspecified atom stereocenters. The second-order valence-corrected chi connectivity index (χ2v) is 4.81. The van der Waals surface area contributed by atoms with E-state index in [0.717, 1.165) is 0 Å². The Kier molecular flexibility index (Phi) is 6.54. The lowest BCUT2D eigenvalue weighted by Crippen LogP contribution is -2.32. The Morgan fingerprint density at radius 3 is 2.29 bits per heavy atom. The molecule has 4 heteroatoms. The monoisotopic (exact) mass is 241 g/mol. The van der Waals surface area contributed by atoms with E-state index in [2.05, 4.69) is 6.58 Å². The molecular formula is C13H23NO3. The van der Waals surface area contributed by atoms with Crippen molar-refractivity contribution < 1.29 is 14.3 Å². The lowest BCUT2D eigenvalue weighted by atomic mass is 10.2. The summed E-state index contributed by atoms with van der Waals surface area (Å²) in [6.45, 7) is 12.1. The fourth-order valence-electron chi connectivity index (χ4n) is 1.32. The summed E-state index contributed by atoms with van der Waals surface area (Å²) >= 11 is 0. The summed E-state index contributed by atoms with van der Waals surface area (Å²) < 4.78 is 5.13. The highest BCUT2D eigenvalue weighted by Gasteiger charge is 2.18. The van der Waals surface area contributed by atoms with E-state index in [1.54, 1.807) is 11.0 Å². The van der Waals surface area contributed by atoms with Crippen molar-refractivity contribution in [2.75, 3.05) is 13.1 Å². The Balaban J connectivity index is 4.06. The summed E-state index contributed by atoms with van der Waals surface area (Å²) in [6.07, 6.45) is 2.00. The molecule has 0 N–H and O–H groups in total. The second-order valence-electron chi connectivity index (χ2n) is 4.81. The molecule has 0 fully saturated rings. The van der Waals surface area contributed by atoms with Gasteiger partial charge >= 0.3 is 5.97 Å². The highest BCUT2D eigenvalue weighted by molar-refractivity contribution is 5.81. The lowest BCUT2D eigenvalue weighted by molar-refractivity contribution is -0.156. The van der Waals surface area contributed by atoms with Crippen LogP contribution in [0.15, 0.2) is 12.7 Å². The van der Waals surface area contributed by atoms with Crippen molar-refractivity contribution in [2.45, 2.75) is 46.1 Å². The largest absolute Gasteiger partial charge is 0.460 e. The first kappa shape index (κ1) is 15.7. The van der Waals surface area contributed by atoms with Crippen LogP contribution in [-0.4, -0.2) is 35.5 Å². The number of likely N-dealkylation sites (N-methyl/N-ethyl adjacent to an activating group) is 1. The summed E-state index contributed by atoms with van der Waals surface area (Å²) in [5.74, 6) is -0.376. The van der Waals surface area contributed by atoms with E-state index in [-0.39, 0.29) is 24.7 Å². The smallest absolute Gasteiger partial charge is 0.306 e. The minimum atomic E-state index is -0.494. The molecule has 17 heavy (non-hydrogen) atoms. The van der Waals surface area contributed by atoms with E-state index in [1.165, 1.54) is 0 Å². The number of esters is 1. The quantitative estimate of drug-likeness (QED) is 0.528. The van der Waals surface area contributed by atoms with E-state index >= 15 is 0 Å². The van der Waals surface area contributed by atoms with Gasteiger partial charge in [0.05, 0.1) is 6.42 Å². The van der Waals surface area contributed by atoms with Crippen molar-refractivity contribution in [1.82, 2.24) is 4.90 Å². The predicted molar refractivity (Wildman–Crippen MR) is 67.5 cm³/mol. The molecule has 0 aliphatic rings. The van der Waals surface area contributed by atoms with Crippen LogP contribution in [0.5, 0.6) is 0 Å². The van der Waals surface area contributed by atoms with Gasteiger partial charge in [-0.05, 0) is 27.7 Å². The summed E-state index contributed by atoms with van der Waals surface area (Å²) in [7, 11) is 0. The van der Waals surface area contributed by atoms with Crippen molar-refractivity contribution >= 4 is 11.9 Å². The normalized spacial score (nSPS) is 10.8. The molecule has 0 aromatic rings. The molecule has 0 bridgehead atoms. The van der Waals surface area contributed by atoms with E-state index in [0.29, 0.717) is 13.1 Å². The molecule has 98 valence electrons. The first-order chi connectivity index (χ1) is 7.80. The number of rotatable bonds is 6. The topological polar surface area (TPSA) is 46.6 Å². The molecule has 0 radical (unpaired) electrons. The second kappa shape index (κ2) is 7.09. The fraction of sp³-hybridized carbons (Fsp3) is 0.692. The number of hydrogen-bond donors (Lipinski definition) is 0. The fourth-order valence-corrected chi connectivity index (χ4v) is 1.32. The average Bonchev–Trinajstić information content (AvgIpc) is 2.20. The van der Waals surface area contributed by atoms with Gasteiger partial charge < -0.3 is 9.64 Å². The lowest BCUT2D eigenvalue weighted by Gasteiger charge is -2.21. The molecule has 0 rings (SSSR count). The number of ether oxygens (including phenoxy) is 1. The van der Waals surface area contributed by atoms with Gasteiger partial charge in [-0.3, -0.25) is 9.59 Å². The Morgan fingerprint density at radius 1 is 1.29 bits per heavy atom. The molecule has 0 aromatic heterocycles. The molecule has 0 heterocycles. The maximum Gasteiger partial charge on any atom is 0.306 e. The SMILES string of the molecule is C=CCN(CC)C(=O)CCC(=O)OC(C)(C)C. The van der Waals surface area contributed by atoms with Crippen LogP contribution >= 0.6 is 0 Å². The van der Waals surface area contributed by atoms with E-state index in [9.17, 15) is 9.59 Å². The van der Waals surface area contributed by atoms with Gasteiger partial charge in [0.15, 0.2) is 0 Å². The number of amides is 1. The maximum atomic E-state index is 11.7. The van der Waals surface area contributed by atoms with Crippen LogP contribution in [-0.2, 0) is 14.3 Å². The zero-order valence-electron chi connectivity index (χ0n) is 11.3. The molecule has 0 aliphatic carbocycles. The van der Waals surface area contributed by atoms with Crippen molar-refractivity contribution in [1.29, 1.82) is 0 Å². The standard InChI is InChI=1S/C13H23NO3/c1-6-10-14(7-2)11(15)8-9-12(16)17-13(3,4)5/h6H,1,7-10H2,2-5H3. The Morgan fingerprint density at radius 2 is 1.88 bits per heavy atom. The summed E-state index contributed by atoms with van der Waals surface area (Å²) in [5, 5.41) is 0. The van der Waals surface area contributed by atoms with Gasteiger partial charge in [-0.1, -0.05) is 6.08 Å². The van der Waals surface area contributed by atoms with Crippen LogP contribution in [0.4, 0.5) is 0 Å². The van der Waals surface area contributed by atoms with Gasteiger partial charge in [-0.2, -0.15) is 0 Å². The van der Waals surface area contributed by atoms with Crippen LogP contribution in [0, 0.1) is 0 Å². The molecule has 0 aromatic carbocycles. The first-order valence-electron chi connectivity index (χ1n) is 5.90. The molecule has 0 saturated carbocycles. The number of carbonyl (C=O) groups excluding carboxylic acids is 2. The van der Waals surface area contributed by atoms with Crippen molar-refractivity contribution in [3.05, 3.63) is 12.7 Å². The van der Waals surface area contributed by atoms with Crippen LogP contribution in [0.25, 0.3) is 0 Å². The summed E-state index contributed by atoms with van der Waals surface area (Å²) in [4.78, 5) is 24.8. The van der Waals surface area contributed by atoms with Gasteiger partial charge in [0, 0.05) is 19.5 Å². The zero-order chi connectivity index (χ0) is 13.5. The van der Waals surface area contributed by atoms with Crippen LogP contribution < -0.4 is 0 Å². The summed E-state index contributed by atoms with van der Waals surface area (Å²) in [5.41, 5.74) is -0.494. The number of carbonyl (C=O) groups is 2. The van der Waals surface area contributed by atoms with Crippen molar-refractivity contribution in [3.63, 3.8) is 0 Å². The Bertz CT molecular complexity index is 279. The molecule has 1 amide bonds. The highest BCUT2D eigenvalue weighted by atomic mass is 16.6. The predicted octanol–water partition coefficient (Wildman–Crippen LogP) is 2.14. The van der Waals surface area contributed by atoms with Gasteiger partial charge in [-0.15, -0.1) is 6.58 Å². The third-order valence-electron chi connectivity index (χ3n) is 2.05. The highest BCUT2D eigenvalue weighted by Crippen LogP contribution is 2.09. The molecule has 0 spiro atoms. The maximum absolute atomic E-state index is 11.7.